The van der Waals surface area contributed by atoms with Gasteiger partial charge in [-0.2, -0.15) is 0 Å². The Kier molecular flexibility index (Phi) is 8.17. The minimum atomic E-state index is -3.98. The first-order valence-electron chi connectivity index (χ1n) is 15.9. The average Bonchev–Trinajstić information content (AvgIpc) is 3.15. The minimum Gasteiger partial charge on any atom is -0.490 e. The number of benzene rings is 3. The summed E-state index contributed by atoms with van der Waals surface area (Å²) in [4.78, 5) is 15.8. The van der Waals surface area contributed by atoms with Crippen LogP contribution < -0.4 is 14.4 Å². The van der Waals surface area contributed by atoms with Crippen molar-refractivity contribution in [1.82, 2.24) is 4.72 Å². The zero-order valence-electron chi connectivity index (χ0n) is 25.2. The largest absolute Gasteiger partial charge is 0.490 e. The number of halogens is 1. The molecule has 2 aliphatic carbocycles. The van der Waals surface area contributed by atoms with Gasteiger partial charge in [-0.1, -0.05) is 60.2 Å². The number of nitrogens with one attached hydrogen (secondary N) is 1. The van der Waals surface area contributed by atoms with E-state index < -0.39 is 22.0 Å². The van der Waals surface area contributed by atoms with Crippen molar-refractivity contribution in [1.29, 1.82) is 0 Å². The van der Waals surface area contributed by atoms with Crippen molar-refractivity contribution in [3.05, 3.63) is 106 Å². The van der Waals surface area contributed by atoms with Crippen LogP contribution in [0.5, 0.6) is 5.75 Å². The van der Waals surface area contributed by atoms with Crippen LogP contribution in [0.15, 0.2) is 78.9 Å². The van der Waals surface area contributed by atoms with Gasteiger partial charge in [-0.25, -0.2) is 13.1 Å². The number of allylic oxidation sites excluding steroid dienone is 1. The maximum Gasteiger partial charge on any atom is 0.264 e. The Balaban J connectivity index is 1.27. The number of nitrogens with zero attached hydrogens (tertiary/aromatic N) is 1. The van der Waals surface area contributed by atoms with Crippen LogP contribution in [0.3, 0.4) is 0 Å². The van der Waals surface area contributed by atoms with Gasteiger partial charge < -0.3 is 14.7 Å². The Hall–Kier alpha value is -3.33. The van der Waals surface area contributed by atoms with Crippen molar-refractivity contribution in [2.24, 2.45) is 11.8 Å². The van der Waals surface area contributed by atoms with Crippen molar-refractivity contribution in [2.75, 3.05) is 30.3 Å². The second kappa shape index (κ2) is 12.1. The number of fused-ring (bicyclic) bond motifs is 4. The topological polar surface area (TPSA) is 95.9 Å². The van der Waals surface area contributed by atoms with Gasteiger partial charge in [0.05, 0.1) is 24.2 Å². The van der Waals surface area contributed by atoms with Gasteiger partial charge in [-0.15, -0.1) is 0 Å². The SMILES string of the molecule is O=C1NS(=O)(=O)C[C@@H](c2ccccc2)C/C=C\[C@H](O)[C@@H]2CC[C@H]2CN2C[C@@]3(CCCc4cc(Cl)ccc43)COc3ccc1cc32. The summed E-state index contributed by atoms with van der Waals surface area (Å²) in [7, 11) is -3.98. The van der Waals surface area contributed by atoms with E-state index in [1.165, 1.54) is 11.1 Å². The van der Waals surface area contributed by atoms with E-state index in [0.717, 1.165) is 48.4 Å². The minimum absolute atomic E-state index is 0.0977. The Morgan fingerprint density at radius 1 is 1.04 bits per heavy atom. The smallest absolute Gasteiger partial charge is 0.264 e. The Morgan fingerprint density at radius 3 is 2.69 bits per heavy atom. The number of ether oxygens (including phenoxy) is 1. The van der Waals surface area contributed by atoms with E-state index in [-0.39, 0.29) is 34.5 Å². The van der Waals surface area contributed by atoms with Gasteiger partial charge in [0.15, 0.2) is 0 Å². The molecule has 45 heavy (non-hydrogen) atoms. The van der Waals surface area contributed by atoms with E-state index in [1.54, 1.807) is 18.2 Å². The molecule has 0 saturated heterocycles. The highest BCUT2D eigenvalue weighted by molar-refractivity contribution is 7.90. The lowest BCUT2D eigenvalue weighted by atomic mass is 9.68. The number of carbonyl (C=O) groups is 1. The number of carbonyl (C=O) groups excluding carboxylic acids is 1. The number of rotatable bonds is 1. The molecule has 3 aromatic carbocycles. The lowest BCUT2D eigenvalue weighted by Gasteiger charge is -2.45. The maximum absolute atomic E-state index is 13.5. The van der Waals surface area contributed by atoms with Crippen molar-refractivity contribution in [3.8, 4) is 5.75 Å². The molecule has 3 aromatic rings. The van der Waals surface area contributed by atoms with Crippen LogP contribution in [-0.2, 0) is 21.9 Å². The van der Waals surface area contributed by atoms with Crippen molar-refractivity contribution >= 4 is 33.2 Å². The van der Waals surface area contributed by atoms with E-state index in [9.17, 15) is 18.3 Å². The van der Waals surface area contributed by atoms with E-state index >= 15 is 0 Å². The monoisotopic (exact) mass is 646 g/mol. The Morgan fingerprint density at radius 2 is 1.89 bits per heavy atom. The normalized spacial score (nSPS) is 30.1. The predicted molar refractivity (Wildman–Crippen MR) is 177 cm³/mol. The fraction of sp³-hybridized carbons (Fsp3) is 0.417. The second-order valence-corrected chi connectivity index (χ2v) is 15.5. The molecule has 1 amide bonds. The first-order valence-corrected chi connectivity index (χ1v) is 18.0. The highest BCUT2D eigenvalue weighted by atomic mass is 35.5. The molecular formula is C36H39ClN2O5S. The summed E-state index contributed by atoms with van der Waals surface area (Å²) in [5.74, 6) is -0.237. The standard InChI is InChI=1S/C36H39ClN2O5S/c37-29-13-15-31-25(18-29)9-5-17-36(31)22-39-20-27-11-14-30(27)33(40)10-4-8-28(24-6-2-1-3-7-24)21-45(42,43)38-35(41)26-12-16-34(44-23-36)32(39)19-26/h1-4,6-7,10,12-13,15-16,18-19,27-28,30,33,40H,5,8-9,11,14,17,20-23H2,(H,38,41)/b10-4-/t27-,28-,30+,33-,36-/m0/s1. The van der Waals surface area contributed by atoms with E-state index in [0.29, 0.717) is 31.9 Å². The van der Waals surface area contributed by atoms with Crippen LogP contribution in [0.25, 0.3) is 0 Å². The average molecular weight is 647 g/mol. The molecule has 1 fully saturated rings. The summed E-state index contributed by atoms with van der Waals surface area (Å²) in [6.07, 6.45) is 8.44. The molecule has 7 rings (SSSR count). The molecule has 2 N–H and O–H groups in total. The fourth-order valence-electron chi connectivity index (χ4n) is 7.87. The summed E-state index contributed by atoms with van der Waals surface area (Å²) in [5.41, 5.74) is 4.15. The van der Waals surface area contributed by atoms with Gasteiger partial charge in [-0.05, 0) is 97.4 Å². The first-order chi connectivity index (χ1) is 21.7. The molecule has 0 unspecified atom stereocenters. The molecule has 236 valence electrons. The zero-order valence-corrected chi connectivity index (χ0v) is 26.8. The highest BCUT2D eigenvalue weighted by Gasteiger charge is 2.44. The van der Waals surface area contributed by atoms with Crippen molar-refractivity contribution in [2.45, 2.75) is 56.0 Å². The molecule has 2 aliphatic heterocycles. The number of sulfonamides is 1. The third kappa shape index (κ3) is 6.12. The summed E-state index contributed by atoms with van der Waals surface area (Å²) < 4.78 is 35.6. The molecule has 1 saturated carbocycles. The van der Waals surface area contributed by atoms with E-state index in [1.807, 2.05) is 48.6 Å². The van der Waals surface area contributed by atoms with Gasteiger partial charge >= 0.3 is 0 Å². The molecule has 7 nitrogen and oxygen atoms in total. The summed E-state index contributed by atoms with van der Waals surface area (Å²) in [5, 5.41) is 12.0. The van der Waals surface area contributed by atoms with Crippen LogP contribution in [-0.4, -0.2) is 51.0 Å². The fourth-order valence-corrected chi connectivity index (χ4v) is 9.40. The van der Waals surface area contributed by atoms with Gasteiger partial charge in [0.25, 0.3) is 5.91 Å². The van der Waals surface area contributed by atoms with Crippen LogP contribution >= 0.6 is 11.6 Å². The van der Waals surface area contributed by atoms with Crippen LogP contribution in [0.2, 0.25) is 5.02 Å². The number of amides is 1. The maximum atomic E-state index is 13.5. The third-order valence-electron chi connectivity index (χ3n) is 10.4. The number of anilines is 1. The Bertz CT molecular complexity index is 1730. The highest BCUT2D eigenvalue weighted by Crippen LogP contribution is 2.46. The number of aryl methyl sites for hydroxylation is 1. The molecule has 0 aromatic heterocycles. The zero-order chi connectivity index (χ0) is 31.2. The third-order valence-corrected chi connectivity index (χ3v) is 11.9. The van der Waals surface area contributed by atoms with Gasteiger partial charge in [0.1, 0.15) is 5.75 Å². The summed E-state index contributed by atoms with van der Waals surface area (Å²) >= 11 is 6.40. The van der Waals surface area contributed by atoms with Gasteiger partial charge in [-0.3, -0.25) is 4.79 Å². The van der Waals surface area contributed by atoms with E-state index in [2.05, 4.69) is 21.8 Å². The summed E-state index contributed by atoms with van der Waals surface area (Å²) in [6, 6.07) is 20.8. The summed E-state index contributed by atoms with van der Waals surface area (Å²) in [6.45, 7) is 1.88. The second-order valence-electron chi connectivity index (χ2n) is 13.3. The Labute approximate surface area is 270 Å². The quantitative estimate of drug-likeness (QED) is 0.315. The molecule has 2 heterocycles. The van der Waals surface area contributed by atoms with Gasteiger partial charge in [0.2, 0.25) is 10.0 Å². The van der Waals surface area contributed by atoms with Crippen molar-refractivity contribution in [3.63, 3.8) is 0 Å². The van der Waals surface area contributed by atoms with Crippen molar-refractivity contribution < 1.29 is 23.1 Å². The van der Waals surface area contributed by atoms with Gasteiger partial charge in [0, 0.05) is 35.0 Å². The lowest BCUT2D eigenvalue weighted by Crippen LogP contribution is -2.49. The molecule has 9 heteroatoms. The lowest BCUT2D eigenvalue weighted by molar-refractivity contribution is 0.0456. The number of aliphatic hydroxyl groups is 1. The molecule has 1 spiro atoms. The van der Waals surface area contributed by atoms with Crippen LogP contribution in [0.1, 0.15) is 65.1 Å². The number of aliphatic hydroxyl groups excluding tert-OH is 1. The molecule has 0 radical (unpaired) electrons. The molecular weight excluding hydrogens is 608 g/mol. The predicted octanol–water partition coefficient (Wildman–Crippen LogP) is 6.00. The first kappa shape index (κ1) is 30.3. The molecule has 4 aliphatic rings. The van der Waals surface area contributed by atoms with E-state index in [4.69, 9.17) is 16.3 Å². The van der Waals surface area contributed by atoms with Crippen LogP contribution in [0, 0.1) is 11.8 Å². The molecule has 2 bridgehead atoms. The van der Waals surface area contributed by atoms with Crippen LogP contribution in [0.4, 0.5) is 5.69 Å². The molecule has 5 atom stereocenters. The number of hydrogen-bond acceptors (Lipinski definition) is 6. The number of hydrogen-bond donors (Lipinski definition) is 2.